The summed E-state index contributed by atoms with van der Waals surface area (Å²) in [7, 11) is 0. The Morgan fingerprint density at radius 3 is 2.28 bits per heavy atom. The van der Waals surface area contributed by atoms with Gasteiger partial charge in [-0.15, -0.1) is 0 Å². The Bertz CT molecular complexity index is 412. The standard InChI is InChI=1S/C12H15F3N2O/c1-7(2)8(3)17-11(18)9-4-5-10(16-6-9)12(13,14)15/h4-8H,1-3H3,(H,17,18). The van der Waals surface area contributed by atoms with E-state index >= 15 is 0 Å². The molecule has 1 rings (SSSR count). The molecule has 1 aromatic rings. The molecule has 1 unspecified atom stereocenters. The third-order valence-electron chi connectivity index (χ3n) is 2.67. The second kappa shape index (κ2) is 5.37. The van der Waals surface area contributed by atoms with Gasteiger partial charge in [-0.25, -0.2) is 0 Å². The average Bonchev–Trinajstić information content (AvgIpc) is 2.27. The SMILES string of the molecule is CC(C)C(C)NC(=O)c1ccc(C(F)(F)F)nc1. The molecule has 0 radical (unpaired) electrons. The lowest BCUT2D eigenvalue weighted by molar-refractivity contribution is -0.141. The summed E-state index contributed by atoms with van der Waals surface area (Å²) < 4.78 is 36.8. The minimum atomic E-state index is -4.49. The van der Waals surface area contributed by atoms with E-state index in [0.717, 1.165) is 18.3 Å². The van der Waals surface area contributed by atoms with Crippen LogP contribution in [0.25, 0.3) is 0 Å². The lowest BCUT2D eigenvalue weighted by Crippen LogP contribution is -2.36. The first-order valence-corrected chi connectivity index (χ1v) is 5.56. The van der Waals surface area contributed by atoms with Crippen LogP contribution >= 0.6 is 0 Å². The van der Waals surface area contributed by atoms with Crippen LogP contribution in [0.4, 0.5) is 13.2 Å². The lowest BCUT2D eigenvalue weighted by Gasteiger charge is -2.17. The van der Waals surface area contributed by atoms with Crippen LogP contribution in [-0.4, -0.2) is 16.9 Å². The summed E-state index contributed by atoms with van der Waals surface area (Å²) in [6, 6.07) is 1.87. The van der Waals surface area contributed by atoms with E-state index in [4.69, 9.17) is 0 Å². The molecule has 6 heteroatoms. The van der Waals surface area contributed by atoms with Gasteiger partial charge in [0.05, 0.1) is 5.56 Å². The molecule has 1 amide bonds. The number of halogens is 3. The molecule has 1 atom stereocenters. The summed E-state index contributed by atoms with van der Waals surface area (Å²) in [5, 5.41) is 2.69. The number of aromatic nitrogens is 1. The van der Waals surface area contributed by atoms with Gasteiger partial charge < -0.3 is 5.32 Å². The van der Waals surface area contributed by atoms with E-state index in [1.165, 1.54) is 0 Å². The Balaban J connectivity index is 2.77. The number of hydrogen-bond acceptors (Lipinski definition) is 2. The Labute approximate surface area is 103 Å². The second-order valence-corrected chi connectivity index (χ2v) is 4.44. The van der Waals surface area contributed by atoms with Crippen molar-refractivity contribution in [1.29, 1.82) is 0 Å². The van der Waals surface area contributed by atoms with Crippen LogP contribution in [0.2, 0.25) is 0 Å². The molecule has 0 aliphatic carbocycles. The predicted molar refractivity (Wildman–Crippen MR) is 61.0 cm³/mol. The molecule has 100 valence electrons. The van der Waals surface area contributed by atoms with Crippen LogP contribution < -0.4 is 5.32 Å². The van der Waals surface area contributed by atoms with Gasteiger partial charge in [0, 0.05) is 12.2 Å². The molecule has 0 spiro atoms. The van der Waals surface area contributed by atoms with Crippen molar-refractivity contribution >= 4 is 5.91 Å². The number of nitrogens with zero attached hydrogens (tertiary/aromatic N) is 1. The summed E-state index contributed by atoms with van der Waals surface area (Å²) in [6.07, 6.45) is -3.55. The van der Waals surface area contributed by atoms with Gasteiger partial charge in [0.25, 0.3) is 5.91 Å². The number of hydrogen-bond donors (Lipinski definition) is 1. The molecule has 1 aromatic heterocycles. The first kappa shape index (κ1) is 14.5. The highest BCUT2D eigenvalue weighted by molar-refractivity contribution is 5.94. The summed E-state index contributed by atoms with van der Waals surface area (Å²) >= 11 is 0. The Morgan fingerprint density at radius 2 is 1.89 bits per heavy atom. The maximum atomic E-state index is 12.3. The van der Waals surface area contributed by atoms with E-state index in [1.54, 1.807) is 0 Å². The van der Waals surface area contributed by atoms with Crippen molar-refractivity contribution in [3.05, 3.63) is 29.6 Å². The van der Waals surface area contributed by atoms with E-state index < -0.39 is 17.8 Å². The molecule has 1 heterocycles. The molecule has 18 heavy (non-hydrogen) atoms. The minimum absolute atomic E-state index is 0.0557. The number of amides is 1. The van der Waals surface area contributed by atoms with Gasteiger partial charge in [-0.1, -0.05) is 13.8 Å². The van der Waals surface area contributed by atoms with Gasteiger partial charge >= 0.3 is 6.18 Å². The van der Waals surface area contributed by atoms with Crippen LogP contribution in [-0.2, 0) is 6.18 Å². The number of carbonyl (C=O) groups is 1. The zero-order valence-corrected chi connectivity index (χ0v) is 10.4. The second-order valence-electron chi connectivity index (χ2n) is 4.44. The van der Waals surface area contributed by atoms with Crippen molar-refractivity contribution in [3.8, 4) is 0 Å². The van der Waals surface area contributed by atoms with Crippen LogP contribution in [0, 0.1) is 5.92 Å². The van der Waals surface area contributed by atoms with E-state index in [1.807, 2.05) is 20.8 Å². The molecule has 1 N–H and O–H groups in total. The number of alkyl halides is 3. The summed E-state index contributed by atoms with van der Waals surface area (Å²) in [6.45, 7) is 5.71. The van der Waals surface area contributed by atoms with E-state index in [2.05, 4.69) is 10.3 Å². The monoisotopic (exact) mass is 260 g/mol. The minimum Gasteiger partial charge on any atom is -0.349 e. The number of rotatable bonds is 3. The first-order valence-electron chi connectivity index (χ1n) is 5.56. The third-order valence-corrected chi connectivity index (χ3v) is 2.67. The first-order chi connectivity index (χ1) is 8.21. The van der Waals surface area contributed by atoms with Crippen LogP contribution in [0.15, 0.2) is 18.3 Å². The Kier molecular flexibility index (Phi) is 4.32. The Hall–Kier alpha value is -1.59. The normalized spacial score (nSPS) is 13.5. The largest absolute Gasteiger partial charge is 0.433 e. The molecular formula is C12H15F3N2O. The summed E-state index contributed by atoms with van der Waals surface area (Å²) in [5.41, 5.74) is -0.883. The van der Waals surface area contributed by atoms with Crippen molar-refractivity contribution in [1.82, 2.24) is 10.3 Å². The summed E-state index contributed by atoms with van der Waals surface area (Å²) in [4.78, 5) is 14.9. The maximum absolute atomic E-state index is 12.3. The molecule has 0 fully saturated rings. The highest BCUT2D eigenvalue weighted by Gasteiger charge is 2.32. The zero-order valence-electron chi connectivity index (χ0n) is 10.4. The highest BCUT2D eigenvalue weighted by atomic mass is 19.4. The Morgan fingerprint density at radius 1 is 1.28 bits per heavy atom. The van der Waals surface area contributed by atoms with Gasteiger partial charge in [0.1, 0.15) is 5.69 Å². The van der Waals surface area contributed by atoms with Crippen molar-refractivity contribution < 1.29 is 18.0 Å². The fourth-order valence-corrected chi connectivity index (χ4v) is 1.15. The van der Waals surface area contributed by atoms with Crippen molar-refractivity contribution in [2.24, 2.45) is 5.92 Å². The average molecular weight is 260 g/mol. The molecule has 0 aliphatic heterocycles. The molecule has 0 aromatic carbocycles. The van der Waals surface area contributed by atoms with E-state index in [-0.39, 0.29) is 17.5 Å². The maximum Gasteiger partial charge on any atom is 0.433 e. The van der Waals surface area contributed by atoms with Crippen LogP contribution in [0.5, 0.6) is 0 Å². The smallest absolute Gasteiger partial charge is 0.349 e. The predicted octanol–water partition coefficient (Wildman–Crippen LogP) is 2.87. The van der Waals surface area contributed by atoms with Gasteiger partial charge in [0.15, 0.2) is 0 Å². The van der Waals surface area contributed by atoms with E-state index in [0.29, 0.717) is 0 Å². The molecule has 3 nitrogen and oxygen atoms in total. The zero-order chi connectivity index (χ0) is 13.9. The fraction of sp³-hybridized carbons (Fsp3) is 0.500. The van der Waals surface area contributed by atoms with Crippen LogP contribution in [0.1, 0.15) is 36.8 Å². The molecule has 0 saturated carbocycles. The molecule has 0 saturated heterocycles. The van der Waals surface area contributed by atoms with Crippen molar-refractivity contribution in [2.45, 2.75) is 33.0 Å². The quantitative estimate of drug-likeness (QED) is 0.908. The lowest BCUT2D eigenvalue weighted by atomic mass is 10.1. The number of pyridine rings is 1. The molecule has 0 bridgehead atoms. The van der Waals surface area contributed by atoms with E-state index in [9.17, 15) is 18.0 Å². The van der Waals surface area contributed by atoms with Crippen molar-refractivity contribution in [2.75, 3.05) is 0 Å². The van der Waals surface area contributed by atoms with Crippen molar-refractivity contribution in [3.63, 3.8) is 0 Å². The highest BCUT2D eigenvalue weighted by Crippen LogP contribution is 2.27. The van der Waals surface area contributed by atoms with Gasteiger partial charge in [0.2, 0.25) is 0 Å². The molecular weight excluding hydrogens is 245 g/mol. The topological polar surface area (TPSA) is 42.0 Å². The van der Waals surface area contributed by atoms with Gasteiger partial charge in [-0.2, -0.15) is 13.2 Å². The fourth-order valence-electron chi connectivity index (χ4n) is 1.15. The third kappa shape index (κ3) is 3.72. The molecule has 0 aliphatic rings. The summed E-state index contributed by atoms with van der Waals surface area (Å²) in [5.74, 6) is -0.172. The van der Waals surface area contributed by atoms with Gasteiger partial charge in [-0.3, -0.25) is 9.78 Å². The van der Waals surface area contributed by atoms with Crippen LogP contribution in [0.3, 0.4) is 0 Å². The number of carbonyl (C=O) groups excluding carboxylic acids is 1. The van der Waals surface area contributed by atoms with Gasteiger partial charge in [-0.05, 0) is 25.0 Å². The number of nitrogens with one attached hydrogen (secondary N) is 1.